The van der Waals surface area contributed by atoms with Crippen LogP contribution in [0.3, 0.4) is 0 Å². The van der Waals surface area contributed by atoms with E-state index in [0.29, 0.717) is 6.04 Å². The predicted octanol–water partition coefficient (Wildman–Crippen LogP) is 2.35. The van der Waals surface area contributed by atoms with Crippen molar-refractivity contribution in [3.8, 4) is 0 Å². The Bertz CT molecular complexity index is 314. The Labute approximate surface area is 76.5 Å². The molecule has 0 bridgehead atoms. The van der Waals surface area contributed by atoms with Gasteiger partial charge < -0.3 is 5.32 Å². The summed E-state index contributed by atoms with van der Waals surface area (Å²) < 4.78 is 12.7. The molecule has 1 aromatic rings. The van der Waals surface area contributed by atoms with Crippen molar-refractivity contribution in [2.75, 3.05) is 5.32 Å². The molecular weight excluding hydrogens is 167 g/mol. The number of halogens is 1. The van der Waals surface area contributed by atoms with Gasteiger partial charge in [-0.05, 0) is 18.9 Å². The molecular formula is C10H11FN2. The summed E-state index contributed by atoms with van der Waals surface area (Å²) >= 11 is 0. The SMILES string of the molecule is Fc1cc(NC2CC=CC2)ccn1. The van der Waals surface area contributed by atoms with Crippen LogP contribution in [0.1, 0.15) is 12.8 Å². The van der Waals surface area contributed by atoms with Gasteiger partial charge in [-0.2, -0.15) is 4.39 Å². The number of aromatic nitrogens is 1. The van der Waals surface area contributed by atoms with Gasteiger partial charge in [0.05, 0.1) is 0 Å². The Kier molecular flexibility index (Phi) is 2.25. The zero-order valence-electron chi connectivity index (χ0n) is 7.20. The summed E-state index contributed by atoms with van der Waals surface area (Å²) in [5.74, 6) is -0.434. The number of rotatable bonds is 2. The van der Waals surface area contributed by atoms with E-state index in [1.165, 1.54) is 12.3 Å². The number of nitrogens with one attached hydrogen (secondary N) is 1. The molecule has 0 fully saturated rings. The largest absolute Gasteiger partial charge is 0.382 e. The molecule has 1 N–H and O–H groups in total. The Balaban J connectivity index is 2.01. The standard InChI is InChI=1S/C10H11FN2/c11-10-7-9(5-6-12-10)13-8-3-1-2-4-8/h1-2,5-8H,3-4H2,(H,12,13). The van der Waals surface area contributed by atoms with Crippen molar-refractivity contribution in [2.24, 2.45) is 0 Å². The zero-order chi connectivity index (χ0) is 9.10. The lowest BCUT2D eigenvalue weighted by molar-refractivity contribution is 0.584. The maximum Gasteiger partial charge on any atom is 0.214 e. The number of hydrogen-bond acceptors (Lipinski definition) is 2. The highest BCUT2D eigenvalue weighted by molar-refractivity contribution is 5.42. The number of pyridine rings is 1. The molecule has 1 aliphatic carbocycles. The van der Waals surface area contributed by atoms with E-state index in [4.69, 9.17) is 0 Å². The average molecular weight is 178 g/mol. The van der Waals surface area contributed by atoms with Crippen LogP contribution in [0.4, 0.5) is 10.1 Å². The molecule has 0 atom stereocenters. The summed E-state index contributed by atoms with van der Waals surface area (Å²) in [6, 6.07) is 3.61. The van der Waals surface area contributed by atoms with Crippen LogP contribution < -0.4 is 5.32 Å². The Morgan fingerprint density at radius 2 is 2.15 bits per heavy atom. The van der Waals surface area contributed by atoms with E-state index >= 15 is 0 Å². The van der Waals surface area contributed by atoms with Gasteiger partial charge in [0.1, 0.15) is 0 Å². The van der Waals surface area contributed by atoms with Crippen LogP contribution in [0.2, 0.25) is 0 Å². The number of nitrogens with zero attached hydrogens (tertiary/aromatic N) is 1. The normalized spacial score (nSPS) is 16.4. The fourth-order valence-corrected chi connectivity index (χ4v) is 1.46. The number of hydrogen-bond donors (Lipinski definition) is 1. The lowest BCUT2D eigenvalue weighted by atomic mass is 10.2. The second kappa shape index (κ2) is 3.56. The van der Waals surface area contributed by atoms with E-state index in [-0.39, 0.29) is 0 Å². The summed E-state index contributed by atoms with van der Waals surface area (Å²) in [5, 5.41) is 3.24. The van der Waals surface area contributed by atoms with Crippen LogP contribution in [0.25, 0.3) is 0 Å². The maximum absolute atomic E-state index is 12.7. The molecule has 0 aliphatic heterocycles. The Hall–Kier alpha value is -1.38. The van der Waals surface area contributed by atoms with Crippen LogP contribution in [-0.2, 0) is 0 Å². The second-order valence-electron chi connectivity index (χ2n) is 3.15. The van der Waals surface area contributed by atoms with Gasteiger partial charge in [0.15, 0.2) is 0 Å². The highest BCUT2D eigenvalue weighted by Crippen LogP contribution is 2.16. The number of anilines is 1. The van der Waals surface area contributed by atoms with Gasteiger partial charge in [-0.3, -0.25) is 0 Å². The quantitative estimate of drug-likeness (QED) is 0.555. The van der Waals surface area contributed by atoms with Gasteiger partial charge in [0, 0.05) is 24.0 Å². The van der Waals surface area contributed by atoms with Gasteiger partial charge >= 0.3 is 0 Å². The molecule has 1 aromatic heterocycles. The fraction of sp³-hybridized carbons (Fsp3) is 0.300. The molecule has 0 amide bonds. The molecule has 1 aliphatic rings. The minimum atomic E-state index is -0.434. The molecule has 1 heterocycles. The molecule has 68 valence electrons. The molecule has 0 saturated carbocycles. The van der Waals surface area contributed by atoms with Crippen molar-refractivity contribution in [3.05, 3.63) is 36.4 Å². The molecule has 0 spiro atoms. The van der Waals surface area contributed by atoms with Crippen LogP contribution in [0.15, 0.2) is 30.5 Å². The van der Waals surface area contributed by atoms with Crippen molar-refractivity contribution in [2.45, 2.75) is 18.9 Å². The summed E-state index contributed by atoms with van der Waals surface area (Å²) in [5.41, 5.74) is 0.807. The minimum absolute atomic E-state index is 0.418. The summed E-state index contributed by atoms with van der Waals surface area (Å²) in [4.78, 5) is 3.49. The summed E-state index contributed by atoms with van der Waals surface area (Å²) in [7, 11) is 0. The predicted molar refractivity (Wildman–Crippen MR) is 50.0 cm³/mol. The monoisotopic (exact) mass is 178 g/mol. The smallest absolute Gasteiger partial charge is 0.214 e. The third-order valence-corrected chi connectivity index (χ3v) is 2.11. The van der Waals surface area contributed by atoms with Crippen molar-refractivity contribution in [1.82, 2.24) is 4.98 Å². The summed E-state index contributed by atoms with van der Waals surface area (Å²) in [6.45, 7) is 0. The first kappa shape index (κ1) is 8.23. The highest BCUT2D eigenvalue weighted by Gasteiger charge is 2.09. The molecule has 0 aromatic carbocycles. The maximum atomic E-state index is 12.7. The topological polar surface area (TPSA) is 24.9 Å². The van der Waals surface area contributed by atoms with E-state index in [0.717, 1.165) is 18.5 Å². The van der Waals surface area contributed by atoms with Gasteiger partial charge in [0.2, 0.25) is 5.95 Å². The molecule has 0 unspecified atom stereocenters. The van der Waals surface area contributed by atoms with E-state index in [2.05, 4.69) is 22.5 Å². The molecule has 3 heteroatoms. The molecule has 13 heavy (non-hydrogen) atoms. The average Bonchev–Trinajstić information content (AvgIpc) is 2.57. The molecule has 0 saturated heterocycles. The third kappa shape index (κ3) is 2.05. The van der Waals surface area contributed by atoms with E-state index < -0.39 is 5.95 Å². The van der Waals surface area contributed by atoms with Gasteiger partial charge in [-0.25, -0.2) is 4.98 Å². The van der Waals surface area contributed by atoms with Crippen LogP contribution in [0.5, 0.6) is 0 Å². The second-order valence-corrected chi connectivity index (χ2v) is 3.15. The van der Waals surface area contributed by atoms with Crippen molar-refractivity contribution >= 4 is 5.69 Å². The Morgan fingerprint density at radius 1 is 1.38 bits per heavy atom. The lowest BCUT2D eigenvalue weighted by Crippen LogP contribution is -2.14. The van der Waals surface area contributed by atoms with Gasteiger partial charge in [-0.15, -0.1) is 0 Å². The molecule has 2 nitrogen and oxygen atoms in total. The van der Waals surface area contributed by atoms with E-state index in [1.54, 1.807) is 6.07 Å². The lowest BCUT2D eigenvalue weighted by Gasteiger charge is -2.12. The van der Waals surface area contributed by atoms with Crippen LogP contribution in [0, 0.1) is 5.95 Å². The van der Waals surface area contributed by atoms with Crippen LogP contribution >= 0.6 is 0 Å². The summed E-state index contributed by atoms with van der Waals surface area (Å²) in [6.07, 6.45) is 7.78. The first-order chi connectivity index (χ1) is 6.34. The fourth-order valence-electron chi connectivity index (χ4n) is 1.46. The third-order valence-electron chi connectivity index (χ3n) is 2.11. The van der Waals surface area contributed by atoms with E-state index in [9.17, 15) is 4.39 Å². The first-order valence-corrected chi connectivity index (χ1v) is 4.38. The van der Waals surface area contributed by atoms with Crippen molar-refractivity contribution in [3.63, 3.8) is 0 Å². The Morgan fingerprint density at radius 3 is 2.85 bits per heavy atom. The van der Waals surface area contributed by atoms with Crippen molar-refractivity contribution in [1.29, 1.82) is 0 Å². The van der Waals surface area contributed by atoms with Crippen LogP contribution in [-0.4, -0.2) is 11.0 Å². The van der Waals surface area contributed by atoms with Gasteiger partial charge in [-0.1, -0.05) is 12.2 Å². The van der Waals surface area contributed by atoms with Crippen molar-refractivity contribution < 1.29 is 4.39 Å². The molecule has 2 rings (SSSR count). The first-order valence-electron chi connectivity index (χ1n) is 4.38. The molecule has 0 radical (unpaired) electrons. The highest BCUT2D eigenvalue weighted by atomic mass is 19.1. The van der Waals surface area contributed by atoms with Gasteiger partial charge in [0.25, 0.3) is 0 Å². The minimum Gasteiger partial charge on any atom is -0.382 e. The van der Waals surface area contributed by atoms with E-state index in [1.807, 2.05) is 0 Å². The zero-order valence-corrected chi connectivity index (χ0v) is 7.20.